The standard InChI is InChI=1S/C15H22F2N4O/c16-13(17)10-22-14-8-4-7-12(20-14)9-19-15(18)21-11-5-2-1-3-6-11/h4,7-8,11,13H,1-3,5-6,9-10H2,(H3,18,19,21). The number of pyridine rings is 1. The molecule has 0 spiro atoms. The molecule has 0 saturated heterocycles. The van der Waals surface area contributed by atoms with E-state index in [1.165, 1.54) is 19.3 Å². The number of aliphatic imine (C=N–C) groups is 1. The third-order valence-electron chi connectivity index (χ3n) is 3.51. The van der Waals surface area contributed by atoms with Crippen LogP contribution in [0.25, 0.3) is 0 Å². The Labute approximate surface area is 129 Å². The Kier molecular flexibility index (Phi) is 6.36. The van der Waals surface area contributed by atoms with Crippen molar-refractivity contribution in [2.75, 3.05) is 6.61 Å². The molecular formula is C15H22F2N4O. The molecule has 122 valence electrons. The van der Waals surface area contributed by atoms with Crippen LogP contribution in [0.1, 0.15) is 37.8 Å². The van der Waals surface area contributed by atoms with Gasteiger partial charge in [-0.15, -0.1) is 0 Å². The van der Waals surface area contributed by atoms with Crippen LogP contribution in [-0.2, 0) is 6.54 Å². The number of hydrogen-bond donors (Lipinski definition) is 2. The van der Waals surface area contributed by atoms with Gasteiger partial charge < -0.3 is 15.8 Å². The van der Waals surface area contributed by atoms with Gasteiger partial charge in [-0.25, -0.2) is 18.8 Å². The molecule has 0 aliphatic heterocycles. The molecular weight excluding hydrogens is 290 g/mol. The molecule has 1 heterocycles. The van der Waals surface area contributed by atoms with Crippen molar-refractivity contribution >= 4 is 5.96 Å². The van der Waals surface area contributed by atoms with E-state index in [-0.39, 0.29) is 12.4 Å². The summed E-state index contributed by atoms with van der Waals surface area (Å²) in [5, 5.41) is 3.21. The SMILES string of the molecule is NC(=NCc1cccc(OCC(F)F)n1)NC1CCCCC1. The summed E-state index contributed by atoms with van der Waals surface area (Å²) in [6, 6.07) is 5.39. The molecule has 3 N–H and O–H groups in total. The molecule has 0 bridgehead atoms. The minimum Gasteiger partial charge on any atom is -0.472 e. The Balaban J connectivity index is 1.84. The first-order valence-corrected chi connectivity index (χ1v) is 7.57. The largest absolute Gasteiger partial charge is 0.472 e. The van der Waals surface area contributed by atoms with Gasteiger partial charge >= 0.3 is 0 Å². The van der Waals surface area contributed by atoms with Gasteiger partial charge in [0.05, 0.1) is 12.2 Å². The Morgan fingerprint density at radius 2 is 2.14 bits per heavy atom. The molecule has 2 rings (SSSR count). The summed E-state index contributed by atoms with van der Waals surface area (Å²) in [5.41, 5.74) is 6.49. The molecule has 1 aliphatic rings. The number of nitrogens with two attached hydrogens (primary N) is 1. The highest BCUT2D eigenvalue weighted by molar-refractivity contribution is 5.78. The van der Waals surface area contributed by atoms with E-state index >= 15 is 0 Å². The number of aromatic nitrogens is 1. The van der Waals surface area contributed by atoms with Crippen molar-refractivity contribution < 1.29 is 13.5 Å². The highest BCUT2D eigenvalue weighted by atomic mass is 19.3. The van der Waals surface area contributed by atoms with E-state index in [1.54, 1.807) is 18.2 Å². The monoisotopic (exact) mass is 312 g/mol. The molecule has 22 heavy (non-hydrogen) atoms. The summed E-state index contributed by atoms with van der Waals surface area (Å²) >= 11 is 0. The Hall–Kier alpha value is -1.92. The molecule has 1 aromatic heterocycles. The van der Waals surface area contributed by atoms with Crippen LogP contribution in [0, 0.1) is 0 Å². The Morgan fingerprint density at radius 1 is 1.36 bits per heavy atom. The maximum Gasteiger partial charge on any atom is 0.272 e. The number of hydrogen-bond acceptors (Lipinski definition) is 3. The Bertz CT molecular complexity index is 490. The molecule has 0 atom stereocenters. The van der Waals surface area contributed by atoms with E-state index in [0.717, 1.165) is 12.8 Å². The molecule has 1 fully saturated rings. The quantitative estimate of drug-likeness (QED) is 0.625. The summed E-state index contributed by atoms with van der Waals surface area (Å²) in [6.45, 7) is -0.372. The molecule has 1 aliphatic carbocycles. The lowest BCUT2D eigenvalue weighted by Crippen LogP contribution is -2.41. The second-order valence-electron chi connectivity index (χ2n) is 5.35. The van der Waals surface area contributed by atoms with Gasteiger partial charge in [0.25, 0.3) is 6.43 Å². The van der Waals surface area contributed by atoms with Crippen molar-refractivity contribution in [2.24, 2.45) is 10.7 Å². The van der Waals surface area contributed by atoms with Crippen LogP contribution >= 0.6 is 0 Å². The summed E-state index contributed by atoms with van der Waals surface area (Å²) in [7, 11) is 0. The van der Waals surface area contributed by atoms with Crippen molar-refractivity contribution in [1.82, 2.24) is 10.3 Å². The molecule has 0 unspecified atom stereocenters. The first kappa shape index (κ1) is 16.5. The predicted molar refractivity (Wildman–Crippen MR) is 81.1 cm³/mol. The maximum atomic E-state index is 12.1. The fourth-order valence-electron chi connectivity index (χ4n) is 2.44. The van der Waals surface area contributed by atoms with E-state index in [0.29, 0.717) is 17.7 Å². The lowest BCUT2D eigenvalue weighted by atomic mass is 9.96. The van der Waals surface area contributed by atoms with Crippen molar-refractivity contribution in [3.05, 3.63) is 23.9 Å². The van der Waals surface area contributed by atoms with Gasteiger partial charge in [0.1, 0.15) is 0 Å². The number of guanidine groups is 1. The number of nitrogens with zero attached hydrogens (tertiary/aromatic N) is 2. The minimum absolute atomic E-state index is 0.173. The van der Waals surface area contributed by atoms with Crippen molar-refractivity contribution in [2.45, 2.75) is 51.1 Å². The zero-order chi connectivity index (χ0) is 15.8. The van der Waals surface area contributed by atoms with Gasteiger partial charge in [-0.3, -0.25) is 0 Å². The third kappa shape index (κ3) is 5.83. The van der Waals surface area contributed by atoms with E-state index in [2.05, 4.69) is 15.3 Å². The average molecular weight is 312 g/mol. The van der Waals surface area contributed by atoms with E-state index in [1.807, 2.05) is 0 Å². The summed E-state index contributed by atoms with van der Waals surface area (Å²) < 4.78 is 29.1. The summed E-state index contributed by atoms with van der Waals surface area (Å²) in [6.07, 6.45) is 3.44. The fraction of sp³-hybridized carbons (Fsp3) is 0.600. The summed E-state index contributed by atoms with van der Waals surface area (Å²) in [4.78, 5) is 8.36. The Morgan fingerprint density at radius 3 is 2.86 bits per heavy atom. The van der Waals surface area contributed by atoms with Crippen LogP contribution in [0.4, 0.5) is 8.78 Å². The van der Waals surface area contributed by atoms with E-state index < -0.39 is 13.0 Å². The first-order valence-electron chi connectivity index (χ1n) is 7.57. The lowest BCUT2D eigenvalue weighted by Gasteiger charge is -2.23. The molecule has 0 radical (unpaired) electrons. The van der Waals surface area contributed by atoms with Crippen LogP contribution in [0.15, 0.2) is 23.2 Å². The highest BCUT2D eigenvalue weighted by Gasteiger charge is 2.13. The molecule has 0 amide bonds. The topological polar surface area (TPSA) is 72.5 Å². The number of rotatable bonds is 6. The number of ether oxygens (including phenoxy) is 1. The number of nitrogens with one attached hydrogen (secondary N) is 1. The molecule has 1 saturated carbocycles. The predicted octanol–water partition coefficient (Wildman–Crippen LogP) is 2.46. The van der Waals surface area contributed by atoms with Crippen LogP contribution in [0.2, 0.25) is 0 Å². The van der Waals surface area contributed by atoms with Crippen LogP contribution < -0.4 is 15.8 Å². The first-order chi connectivity index (χ1) is 10.6. The lowest BCUT2D eigenvalue weighted by molar-refractivity contribution is 0.0795. The van der Waals surface area contributed by atoms with Gasteiger partial charge in [-0.2, -0.15) is 0 Å². The number of halogens is 2. The second kappa shape index (κ2) is 8.51. The fourth-order valence-corrected chi connectivity index (χ4v) is 2.44. The highest BCUT2D eigenvalue weighted by Crippen LogP contribution is 2.17. The van der Waals surface area contributed by atoms with E-state index in [4.69, 9.17) is 10.5 Å². The maximum absolute atomic E-state index is 12.1. The molecule has 1 aromatic rings. The van der Waals surface area contributed by atoms with Crippen molar-refractivity contribution in [3.63, 3.8) is 0 Å². The molecule has 0 aromatic carbocycles. The van der Waals surface area contributed by atoms with Gasteiger partial charge in [0.2, 0.25) is 5.88 Å². The molecule has 5 nitrogen and oxygen atoms in total. The van der Waals surface area contributed by atoms with Gasteiger partial charge in [-0.1, -0.05) is 25.3 Å². The van der Waals surface area contributed by atoms with Crippen LogP contribution in [0.5, 0.6) is 5.88 Å². The van der Waals surface area contributed by atoms with Gasteiger partial charge in [0, 0.05) is 12.1 Å². The zero-order valence-corrected chi connectivity index (χ0v) is 12.5. The third-order valence-corrected chi connectivity index (χ3v) is 3.51. The van der Waals surface area contributed by atoms with Gasteiger partial charge in [-0.05, 0) is 18.9 Å². The van der Waals surface area contributed by atoms with Crippen molar-refractivity contribution in [1.29, 1.82) is 0 Å². The minimum atomic E-state index is -2.51. The zero-order valence-electron chi connectivity index (χ0n) is 12.5. The van der Waals surface area contributed by atoms with Crippen LogP contribution in [0.3, 0.4) is 0 Å². The molecule has 7 heteroatoms. The van der Waals surface area contributed by atoms with Gasteiger partial charge in [0.15, 0.2) is 12.6 Å². The van der Waals surface area contributed by atoms with E-state index in [9.17, 15) is 8.78 Å². The number of alkyl halides is 2. The summed E-state index contributed by atoms with van der Waals surface area (Å²) in [5.74, 6) is 0.569. The van der Waals surface area contributed by atoms with Crippen LogP contribution in [-0.4, -0.2) is 30.0 Å². The smallest absolute Gasteiger partial charge is 0.272 e. The normalized spacial score (nSPS) is 16.8. The average Bonchev–Trinajstić information content (AvgIpc) is 2.52. The second-order valence-corrected chi connectivity index (χ2v) is 5.35. The van der Waals surface area contributed by atoms with Crippen molar-refractivity contribution in [3.8, 4) is 5.88 Å².